The van der Waals surface area contributed by atoms with Crippen LogP contribution in [0.2, 0.25) is 0 Å². The first kappa shape index (κ1) is 20.9. The van der Waals surface area contributed by atoms with Crippen molar-refractivity contribution in [2.24, 2.45) is 0 Å². The third-order valence-electron chi connectivity index (χ3n) is 5.52. The van der Waals surface area contributed by atoms with E-state index in [4.69, 9.17) is 0 Å². The van der Waals surface area contributed by atoms with E-state index in [0.29, 0.717) is 11.3 Å². The van der Waals surface area contributed by atoms with Crippen LogP contribution in [-0.4, -0.2) is 21.7 Å². The molecule has 1 aromatic heterocycles. The van der Waals surface area contributed by atoms with Gasteiger partial charge in [-0.25, -0.2) is 0 Å². The monoisotopic (exact) mass is 450 g/mol. The molecular formula is C26H18N4O4. The quantitative estimate of drug-likeness (QED) is 0.216. The van der Waals surface area contributed by atoms with Gasteiger partial charge >= 0.3 is 0 Å². The highest BCUT2D eigenvalue weighted by Gasteiger charge is 2.24. The summed E-state index contributed by atoms with van der Waals surface area (Å²) < 4.78 is 0. The van der Waals surface area contributed by atoms with Gasteiger partial charge in [0, 0.05) is 46.5 Å². The summed E-state index contributed by atoms with van der Waals surface area (Å²) in [7, 11) is 0. The molecule has 2 heterocycles. The molecule has 34 heavy (non-hydrogen) atoms. The molecule has 166 valence electrons. The summed E-state index contributed by atoms with van der Waals surface area (Å²) in [5.41, 5.74) is 5.48. The first-order valence-corrected chi connectivity index (χ1v) is 10.4. The number of rotatable bonds is 5. The van der Waals surface area contributed by atoms with E-state index < -0.39 is 10.8 Å². The summed E-state index contributed by atoms with van der Waals surface area (Å²) in [6.07, 6.45) is 3.62. The van der Waals surface area contributed by atoms with Crippen molar-refractivity contribution < 1.29 is 14.5 Å². The first-order chi connectivity index (χ1) is 16.5. The van der Waals surface area contributed by atoms with Gasteiger partial charge in [-0.3, -0.25) is 19.7 Å². The average molecular weight is 450 g/mol. The number of aromatic amines is 1. The molecule has 1 aliphatic heterocycles. The third-order valence-corrected chi connectivity index (χ3v) is 5.52. The van der Waals surface area contributed by atoms with Gasteiger partial charge in [0.05, 0.1) is 10.5 Å². The standard InChI is InChI=1S/C26H18N4O4/c31-25(18-3-1-5-21(13-18)30(33)34)28-19-9-6-16(7-10-19)17-8-11-22-23(15-20-4-2-12-27-20)26(32)29-24(22)14-17/h1-15,27H,(H,28,31)(H,29,32)/b23-15-. The van der Waals surface area contributed by atoms with Crippen LogP contribution in [0.5, 0.6) is 0 Å². The highest BCUT2D eigenvalue weighted by atomic mass is 16.6. The van der Waals surface area contributed by atoms with Gasteiger partial charge in [-0.15, -0.1) is 0 Å². The van der Waals surface area contributed by atoms with Gasteiger partial charge in [0.1, 0.15) is 0 Å². The number of nitrogens with one attached hydrogen (secondary N) is 3. The number of amides is 2. The number of carbonyl (C=O) groups excluding carboxylic acids is 2. The summed E-state index contributed by atoms with van der Waals surface area (Å²) >= 11 is 0. The van der Waals surface area contributed by atoms with E-state index in [9.17, 15) is 19.7 Å². The smallest absolute Gasteiger partial charge is 0.270 e. The van der Waals surface area contributed by atoms with Gasteiger partial charge in [0.25, 0.3) is 17.5 Å². The zero-order chi connectivity index (χ0) is 23.7. The van der Waals surface area contributed by atoms with Gasteiger partial charge in [0.15, 0.2) is 0 Å². The van der Waals surface area contributed by atoms with E-state index >= 15 is 0 Å². The lowest BCUT2D eigenvalue weighted by Gasteiger charge is -2.08. The Bertz CT molecular complexity index is 1450. The molecule has 4 aromatic rings. The fraction of sp³-hybridized carbons (Fsp3) is 0. The van der Waals surface area contributed by atoms with Crippen molar-refractivity contribution >= 4 is 40.5 Å². The topological polar surface area (TPSA) is 117 Å². The van der Waals surface area contributed by atoms with Crippen molar-refractivity contribution in [1.82, 2.24) is 4.98 Å². The molecule has 0 radical (unpaired) electrons. The maximum absolute atomic E-state index is 12.5. The molecule has 0 bridgehead atoms. The number of nitrogens with zero attached hydrogens (tertiary/aromatic N) is 1. The summed E-state index contributed by atoms with van der Waals surface area (Å²) in [6, 6.07) is 22.3. The number of carbonyl (C=O) groups is 2. The summed E-state index contributed by atoms with van der Waals surface area (Å²) in [5.74, 6) is -0.584. The maximum atomic E-state index is 12.5. The fourth-order valence-corrected chi connectivity index (χ4v) is 3.82. The molecule has 8 nitrogen and oxygen atoms in total. The molecular weight excluding hydrogens is 432 g/mol. The minimum Gasteiger partial charge on any atom is -0.362 e. The average Bonchev–Trinajstić information content (AvgIpc) is 3.47. The molecule has 0 fully saturated rings. The molecule has 0 unspecified atom stereocenters. The van der Waals surface area contributed by atoms with Crippen molar-refractivity contribution in [2.75, 3.05) is 10.6 Å². The molecule has 0 saturated carbocycles. The second kappa shape index (κ2) is 8.51. The summed E-state index contributed by atoms with van der Waals surface area (Å²) in [5, 5.41) is 16.6. The number of aromatic nitrogens is 1. The van der Waals surface area contributed by atoms with E-state index in [1.165, 1.54) is 24.3 Å². The zero-order valence-corrected chi connectivity index (χ0v) is 17.7. The number of hydrogen-bond donors (Lipinski definition) is 3. The van der Waals surface area contributed by atoms with Gasteiger partial charge in [-0.05, 0) is 53.6 Å². The number of nitro benzene ring substituents is 1. The molecule has 0 aliphatic carbocycles. The van der Waals surface area contributed by atoms with Crippen molar-refractivity contribution in [3.8, 4) is 11.1 Å². The molecule has 0 atom stereocenters. The second-order valence-electron chi connectivity index (χ2n) is 7.74. The van der Waals surface area contributed by atoms with Crippen molar-refractivity contribution in [2.45, 2.75) is 0 Å². The number of H-pyrrole nitrogens is 1. The number of nitro groups is 1. The maximum Gasteiger partial charge on any atom is 0.270 e. The van der Waals surface area contributed by atoms with E-state index in [2.05, 4.69) is 15.6 Å². The Morgan fingerprint density at radius 2 is 1.74 bits per heavy atom. The Morgan fingerprint density at radius 1 is 0.941 bits per heavy atom. The number of fused-ring (bicyclic) bond motifs is 1. The van der Waals surface area contributed by atoms with Gasteiger partial charge in [0.2, 0.25) is 0 Å². The van der Waals surface area contributed by atoms with Crippen LogP contribution in [0.3, 0.4) is 0 Å². The number of anilines is 2. The second-order valence-corrected chi connectivity index (χ2v) is 7.74. The highest BCUT2D eigenvalue weighted by Crippen LogP contribution is 2.36. The van der Waals surface area contributed by atoms with E-state index in [-0.39, 0.29) is 17.2 Å². The lowest BCUT2D eigenvalue weighted by atomic mass is 10.00. The molecule has 0 spiro atoms. The van der Waals surface area contributed by atoms with Crippen molar-refractivity contribution in [3.05, 3.63) is 112 Å². The van der Waals surface area contributed by atoms with Crippen molar-refractivity contribution in [3.63, 3.8) is 0 Å². The predicted octanol–water partition coefficient (Wildman–Crippen LogP) is 5.33. The molecule has 5 rings (SSSR count). The predicted molar refractivity (Wildman–Crippen MR) is 130 cm³/mol. The Morgan fingerprint density at radius 3 is 2.47 bits per heavy atom. The van der Waals surface area contributed by atoms with Gasteiger partial charge in [-0.1, -0.05) is 30.3 Å². The highest BCUT2D eigenvalue weighted by molar-refractivity contribution is 6.35. The lowest BCUT2D eigenvalue weighted by Crippen LogP contribution is -2.11. The van der Waals surface area contributed by atoms with Crippen LogP contribution in [-0.2, 0) is 4.79 Å². The zero-order valence-electron chi connectivity index (χ0n) is 17.7. The number of benzene rings is 3. The van der Waals surface area contributed by atoms with E-state index in [1.807, 2.05) is 48.5 Å². The van der Waals surface area contributed by atoms with Gasteiger partial charge < -0.3 is 15.6 Å². The molecule has 1 aliphatic rings. The molecule has 0 saturated heterocycles. The van der Waals surface area contributed by atoms with Crippen LogP contribution < -0.4 is 10.6 Å². The van der Waals surface area contributed by atoms with Crippen LogP contribution in [0.25, 0.3) is 22.8 Å². The Hall–Kier alpha value is -4.98. The Kier molecular flexibility index (Phi) is 5.23. The molecule has 8 heteroatoms. The first-order valence-electron chi connectivity index (χ1n) is 10.4. The fourth-order valence-electron chi connectivity index (χ4n) is 3.82. The molecule has 3 N–H and O–H groups in total. The van der Waals surface area contributed by atoms with Crippen LogP contribution in [0.4, 0.5) is 17.1 Å². The Labute approximate surface area is 194 Å². The van der Waals surface area contributed by atoms with Crippen LogP contribution in [0.1, 0.15) is 21.6 Å². The molecule has 2 amide bonds. The van der Waals surface area contributed by atoms with Crippen molar-refractivity contribution in [1.29, 1.82) is 0 Å². The minimum absolute atomic E-state index is 0.141. The summed E-state index contributed by atoms with van der Waals surface area (Å²) in [6.45, 7) is 0. The van der Waals surface area contributed by atoms with Gasteiger partial charge in [-0.2, -0.15) is 0 Å². The minimum atomic E-state index is -0.538. The number of non-ortho nitro benzene ring substituents is 1. The SMILES string of the molecule is O=C1Nc2cc(-c3ccc(NC(=O)c4cccc([N+](=O)[O-])c4)cc3)ccc2/C1=C/c1ccc[nH]1. The summed E-state index contributed by atoms with van der Waals surface area (Å²) in [4.78, 5) is 38.4. The third kappa shape index (κ3) is 4.07. The van der Waals surface area contributed by atoms with E-state index in [1.54, 1.807) is 18.3 Å². The lowest BCUT2D eigenvalue weighted by molar-refractivity contribution is -0.384. The molecule has 3 aromatic carbocycles. The van der Waals surface area contributed by atoms with Crippen LogP contribution in [0, 0.1) is 10.1 Å². The largest absolute Gasteiger partial charge is 0.362 e. The van der Waals surface area contributed by atoms with Crippen LogP contribution >= 0.6 is 0 Å². The van der Waals surface area contributed by atoms with E-state index in [0.717, 1.165) is 28.1 Å². The van der Waals surface area contributed by atoms with Crippen LogP contribution in [0.15, 0.2) is 85.1 Å². The number of hydrogen-bond acceptors (Lipinski definition) is 4. The normalized spacial score (nSPS) is 13.4. The Balaban J connectivity index is 1.34.